The number of benzene rings is 1. The van der Waals surface area contributed by atoms with Gasteiger partial charge in [-0.2, -0.15) is 0 Å². The maximum Gasteiger partial charge on any atom is 0.224 e. The van der Waals surface area contributed by atoms with E-state index >= 15 is 0 Å². The summed E-state index contributed by atoms with van der Waals surface area (Å²) in [4.78, 5) is 19.1. The molecular weight excluding hydrogens is 340 g/mol. The van der Waals surface area contributed by atoms with Crippen LogP contribution in [0.4, 0.5) is 0 Å². The largest absolute Gasteiger partial charge is 0.497 e. The van der Waals surface area contributed by atoms with Crippen LogP contribution in [-0.4, -0.2) is 49.7 Å². The summed E-state index contributed by atoms with van der Waals surface area (Å²) < 4.78 is 10.4. The zero-order chi connectivity index (χ0) is 19.2. The molecule has 0 spiro atoms. The highest BCUT2D eigenvalue weighted by Gasteiger charge is 2.25. The highest BCUT2D eigenvalue weighted by atomic mass is 16.5. The van der Waals surface area contributed by atoms with E-state index in [0.29, 0.717) is 13.0 Å². The molecule has 0 bridgehead atoms. The molecule has 5 nitrogen and oxygen atoms in total. The van der Waals surface area contributed by atoms with E-state index in [1.807, 2.05) is 30.0 Å². The summed E-state index contributed by atoms with van der Waals surface area (Å²) in [6, 6.07) is 12.3. The van der Waals surface area contributed by atoms with Crippen molar-refractivity contribution in [1.29, 1.82) is 0 Å². The lowest BCUT2D eigenvalue weighted by Gasteiger charge is -2.33. The third kappa shape index (κ3) is 4.86. The van der Waals surface area contributed by atoms with Gasteiger partial charge in [-0.15, -0.1) is 0 Å². The van der Waals surface area contributed by atoms with Crippen molar-refractivity contribution in [2.75, 3.05) is 33.9 Å². The third-order valence-corrected chi connectivity index (χ3v) is 5.09. The molecule has 3 rings (SSSR count). The topological polar surface area (TPSA) is 51.7 Å². The number of carbonyl (C=O) groups excluding carboxylic acids is 1. The molecule has 1 fully saturated rings. The van der Waals surface area contributed by atoms with Crippen LogP contribution >= 0.6 is 0 Å². The van der Waals surface area contributed by atoms with Gasteiger partial charge < -0.3 is 14.4 Å². The Labute approximate surface area is 161 Å². The standard InChI is InChI=1S/C22H28N2O3/c1-16-12-19(17-6-4-8-20(13-17)27-3)14-21(23-16)18-7-5-10-24(15-18)22(25)9-11-26-2/h4,6,8,12-14,18H,5,7,9-11,15H2,1-3H3/t18-/m0/s1. The van der Waals surface area contributed by atoms with Crippen LogP contribution in [0.15, 0.2) is 36.4 Å². The molecule has 1 aliphatic heterocycles. The summed E-state index contributed by atoms with van der Waals surface area (Å²) in [6.07, 6.45) is 2.51. The van der Waals surface area contributed by atoms with E-state index in [0.717, 1.165) is 54.2 Å². The predicted octanol–water partition coefficient (Wildman–Crippen LogP) is 3.81. The van der Waals surface area contributed by atoms with Gasteiger partial charge in [-0.3, -0.25) is 9.78 Å². The average Bonchev–Trinajstić information content (AvgIpc) is 2.71. The Bertz CT molecular complexity index is 791. The van der Waals surface area contributed by atoms with Crippen LogP contribution < -0.4 is 4.74 Å². The first-order chi connectivity index (χ1) is 13.1. The van der Waals surface area contributed by atoms with Gasteiger partial charge in [-0.05, 0) is 55.2 Å². The Morgan fingerprint density at radius 3 is 2.85 bits per heavy atom. The molecule has 2 heterocycles. The van der Waals surface area contributed by atoms with Crippen molar-refractivity contribution in [3.8, 4) is 16.9 Å². The second-order valence-electron chi connectivity index (χ2n) is 7.08. The van der Waals surface area contributed by atoms with Gasteiger partial charge >= 0.3 is 0 Å². The number of aromatic nitrogens is 1. The molecule has 144 valence electrons. The number of carbonyl (C=O) groups is 1. The number of hydrogen-bond acceptors (Lipinski definition) is 4. The van der Waals surface area contributed by atoms with Crippen molar-refractivity contribution in [3.05, 3.63) is 47.8 Å². The summed E-state index contributed by atoms with van der Waals surface area (Å²) >= 11 is 0. The number of amides is 1. The smallest absolute Gasteiger partial charge is 0.224 e. The van der Waals surface area contributed by atoms with Crippen molar-refractivity contribution in [2.45, 2.75) is 32.1 Å². The molecule has 1 saturated heterocycles. The van der Waals surface area contributed by atoms with E-state index in [4.69, 9.17) is 14.5 Å². The molecule has 0 unspecified atom stereocenters. The van der Waals surface area contributed by atoms with Crippen LogP contribution in [-0.2, 0) is 9.53 Å². The minimum absolute atomic E-state index is 0.169. The van der Waals surface area contributed by atoms with Crippen molar-refractivity contribution < 1.29 is 14.3 Å². The highest BCUT2D eigenvalue weighted by Crippen LogP contribution is 2.31. The molecule has 1 atom stereocenters. The van der Waals surface area contributed by atoms with Gasteiger partial charge in [0.25, 0.3) is 0 Å². The van der Waals surface area contributed by atoms with Crippen LogP contribution in [0.2, 0.25) is 0 Å². The molecule has 0 aliphatic carbocycles. The molecule has 0 N–H and O–H groups in total. The fourth-order valence-corrected chi connectivity index (χ4v) is 3.67. The van der Waals surface area contributed by atoms with Gasteiger partial charge in [0.05, 0.1) is 20.1 Å². The number of aryl methyl sites for hydroxylation is 1. The number of nitrogens with zero attached hydrogens (tertiary/aromatic N) is 2. The Morgan fingerprint density at radius 1 is 1.22 bits per heavy atom. The number of hydrogen-bond donors (Lipinski definition) is 0. The minimum atomic E-state index is 0.169. The van der Waals surface area contributed by atoms with Crippen LogP contribution in [0.1, 0.15) is 36.6 Å². The first kappa shape index (κ1) is 19.4. The van der Waals surface area contributed by atoms with Crippen molar-refractivity contribution in [3.63, 3.8) is 0 Å². The van der Waals surface area contributed by atoms with Crippen LogP contribution in [0, 0.1) is 6.92 Å². The second kappa shape index (κ2) is 9.00. The molecule has 5 heteroatoms. The molecule has 2 aromatic rings. The molecular formula is C22H28N2O3. The van der Waals surface area contributed by atoms with Gasteiger partial charge in [0.1, 0.15) is 5.75 Å². The lowest BCUT2D eigenvalue weighted by atomic mass is 9.92. The van der Waals surface area contributed by atoms with E-state index in [2.05, 4.69) is 18.2 Å². The maximum atomic E-state index is 12.4. The molecule has 1 aliphatic rings. The first-order valence-electron chi connectivity index (χ1n) is 9.50. The number of methoxy groups -OCH3 is 2. The van der Waals surface area contributed by atoms with Gasteiger partial charge in [-0.1, -0.05) is 12.1 Å². The third-order valence-electron chi connectivity index (χ3n) is 5.09. The fraction of sp³-hybridized carbons (Fsp3) is 0.455. The van der Waals surface area contributed by atoms with E-state index in [1.54, 1.807) is 14.2 Å². The van der Waals surface area contributed by atoms with Gasteiger partial charge in [0, 0.05) is 37.5 Å². The molecule has 27 heavy (non-hydrogen) atoms. The van der Waals surface area contributed by atoms with Crippen LogP contribution in [0.3, 0.4) is 0 Å². The van der Waals surface area contributed by atoms with Crippen LogP contribution in [0.25, 0.3) is 11.1 Å². The molecule has 1 amide bonds. The fourth-order valence-electron chi connectivity index (χ4n) is 3.67. The first-order valence-corrected chi connectivity index (χ1v) is 9.50. The van der Waals surface area contributed by atoms with Gasteiger partial charge in [0.2, 0.25) is 5.91 Å². The summed E-state index contributed by atoms with van der Waals surface area (Å²) in [7, 11) is 3.31. The maximum absolute atomic E-state index is 12.4. The second-order valence-corrected chi connectivity index (χ2v) is 7.08. The predicted molar refractivity (Wildman–Crippen MR) is 106 cm³/mol. The zero-order valence-corrected chi connectivity index (χ0v) is 16.4. The van der Waals surface area contributed by atoms with Crippen molar-refractivity contribution in [2.24, 2.45) is 0 Å². The average molecular weight is 368 g/mol. The van der Waals surface area contributed by atoms with E-state index < -0.39 is 0 Å². The summed E-state index contributed by atoms with van der Waals surface area (Å²) in [5.41, 5.74) is 4.31. The Balaban J connectivity index is 1.82. The van der Waals surface area contributed by atoms with Crippen LogP contribution in [0.5, 0.6) is 5.75 Å². The van der Waals surface area contributed by atoms with Gasteiger partial charge in [-0.25, -0.2) is 0 Å². The summed E-state index contributed by atoms with van der Waals surface area (Å²) in [5, 5.41) is 0. The monoisotopic (exact) mass is 368 g/mol. The van der Waals surface area contributed by atoms with Gasteiger partial charge in [0.15, 0.2) is 0 Å². The lowest BCUT2D eigenvalue weighted by Crippen LogP contribution is -2.39. The Hall–Kier alpha value is -2.40. The molecule has 1 aromatic carbocycles. The lowest BCUT2D eigenvalue weighted by molar-refractivity contribution is -0.133. The number of pyridine rings is 1. The zero-order valence-electron chi connectivity index (χ0n) is 16.4. The van der Waals surface area contributed by atoms with E-state index in [-0.39, 0.29) is 11.8 Å². The van der Waals surface area contributed by atoms with E-state index in [9.17, 15) is 4.79 Å². The molecule has 1 aromatic heterocycles. The van der Waals surface area contributed by atoms with Crippen molar-refractivity contribution in [1.82, 2.24) is 9.88 Å². The number of piperidine rings is 1. The highest BCUT2D eigenvalue weighted by molar-refractivity contribution is 5.76. The Kier molecular flexibility index (Phi) is 6.45. The normalized spacial score (nSPS) is 17.0. The summed E-state index contributed by atoms with van der Waals surface area (Å²) in [6.45, 7) is 4.06. The molecule has 0 saturated carbocycles. The van der Waals surface area contributed by atoms with Crippen molar-refractivity contribution >= 4 is 5.91 Å². The number of likely N-dealkylation sites (tertiary alicyclic amines) is 1. The van der Waals surface area contributed by atoms with E-state index in [1.165, 1.54) is 0 Å². The SMILES string of the molecule is COCCC(=O)N1CCC[C@H](c2cc(-c3cccc(OC)c3)cc(C)n2)C1. The molecule has 0 radical (unpaired) electrons. The Morgan fingerprint density at radius 2 is 2.07 bits per heavy atom. The quantitative estimate of drug-likeness (QED) is 0.778. The minimum Gasteiger partial charge on any atom is -0.497 e. The number of ether oxygens (including phenoxy) is 2. The number of rotatable bonds is 6. The summed E-state index contributed by atoms with van der Waals surface area (Å²) in [5.74, 6) is 1.29.